The van der Waals surface area contributed by atoms with Crippen LogP contribution in [0.2, 0.25) is 4.34 Å². The third-order valence-corrected chi connectivity index (χ3v) is 3.96. The number of aromatic nitrogens is 2. The summed E-state index contributed by atoms with van der Waals surface area (Å²) in [4.78, 5) is 1.83. The van der Waals surface area contributed by atoms with Crippen molar-refractivity contribution in [2.75, 3.05) is 7.05 Å². The first-order valence-corrected chi connectivity index (χ1v) is 6.76. The average molecular weight is 304 g/mol. The van der Waals surface area contributed by atoms with Crippen LogP contribution in [0.15, 0.2) is 18.2 Å². The lowest BCUT2D eigenvalue weighted by Gasteiger charge is -2.24. The topological polar surface area (TPSA) is 29.0 Å². The number of halogens is 3. The molecule has 0 aliphatic heterocycles. The molecule has 19 heavy (non-hydrogen) atoms. The van der Waals surface area contributed by atoms with E-state index in [0.29, 0.717) is 22.1 Å². The molecule has 2 aromatic rings. The Morgan fingerprint density at radius 3 is 2.79 bits per heavy atom. The summed E-state index contributed by atoms with van der Waals surface area (Å²) in [5.41, 5.74) is 0.944. The number of benzene rings is 1. The molecular formula is C12H12ClF2N3S. The molecule has 0 bridgehead atoms. The normalized spacial score (nSPS) is 12.9. The Morgan fingerprint density at radius 1 is 1.42 bits per heavy atom. The molecule has 102 valence electrons. The van der Waals surface area contributed by atoms with E-state index in [4.69, 9.17) is 11.6 Å². The van der Waals surface area contributed by atoms with Gasteiger partial charge in [0.2, 0.25) is 0 Å². The minimum absolute atomic E-state index is 0.298. The lowest BCUT2D eigenvalue weighted by atomic mass is 10.1. The van der Waals surface area contributed by atoms with Gasteiger partial charge in [0.1, 0.15) is 21.7 Å². The lowest BCUT2D eigenvalue weighted by molar-refractivity contribution is 0.244. The molecule has 0 amide bonds. The van der Waals surface area contributed by atoms with E-state index in [1.54, 1.807) is 14.0 Å². The fraction of sp³-hybridized carbons (Fsp3) is 0.333. The number of hydrogen-bond acceptors (Lipinski definition) is 4. The van der Waals surface area contributed by atoms with Crippen molar-refractivity contribution in [1.82, 2.24) is 14.5 Å². The molecule has 1 heterocycles. The third-order valence-electron chi connectivity index (χ3n) is 2.98. The molecule has 0 radical (unpaired) electrons. The fourth-order valence-corrected chi connectivity index (χ4v) is 2.35. The van der Waals surface area contributed by atoms with Crippen LogP contribution in [0.1, 0.15) is 24.2 Å². The van der Waals surface area contributed by atoms with Crippen LogP contribution in [-0.2, 0) is 6.54 Å². The monoisotopic (exact) mass is 303 g/mol. The largest absolute Gasteiger partial charge is 0.294 e. The molecule has 1 aromatic heterocycles. The maximum atomic E-state index is 13.7. The predicted molar refractivity (Wildman–Crippen MR) is 71.2 cm³/mol. The zero-order valence-electron chi connectivity index (χ0n) is 10.4. The van der Waals surface area contributed by atoms with E-state index >= 15 is 0 Å². The highest BCUT2D eigenvalue weighted by Crippen LogP contribution is 2.26. The zero-order valence-corrected chi connectivity index (χ0v) is 12.0. The maximum absolute atomic E-state index is 13.7. The van der Waals surface area contributed by atoms with Gasteiger partial charge < -0.3 is 0 Å². The lowest BCUT2D eigenvalue weighted by Crippen LogP contribution is -2.23. The summed E-state index contributed by atoms with van der Waals surface area (Å²) in [6.07, 6.45) is 0. The SMILES string of the molecule is CC(c1cc(F)ccc1F)N(C)Cc1nnsc1Cl. The second-order valence-corrected chi connectivity index (χ2v) is 5.61. The Hall–Kier alpha value is -1.11. The second kappa shape index (κ2) is 5.90. The van der Waals surface area contributed by atoms with Crippen LogP contribution >= 0.6 is 23.1 Å². The summed E-state index contributed by atoms with van der Waals surface area (Å²) in [5.74, 6) is -0.881. The Balaban J connectivity index is 2.17. The summed E-state index contributed by atoms with van der Waals surface area (Å²) in [6, 6.07) is 3.14. The Morgan fingerprint density at radius 2 is 2.16 bits per heavy atom. The van der Waals surface area contributed by atoms with E-state index in [1.165, 1.54) is 6.07 Å². The standard InChI is InChI=1S/C12H12ClF2N3S/c1-7(9-5-8(14)3-4-10(9)15)18(2)6-11-12(13)19-17-16-11/h3-5,7H,6H2,1-2H3. The average Bonchev–Trinajstić information content (AvgIpc) is 2.77. The fourth-order valence-electron chi connectivity index (χ4n) is 1.74. The Labute approximate surface area is 119 Å². The van der Waals surface area contributed by atoms with Gasteiger partial charge in [-0.2, -0.15) is 0 Å². The van der Waals surface area contributed by atoms with Gasteiger partial charge in [0, 0.05) is 29.7 Å². The van der Waals surface area contributed by atoms with Crippen LogP contribution in [0, 0.1) is 11.6 Å². The van der Waals surface area contributed by atoms with Crippen LogP contribution in [0.3, 0.4) is 0 Å². The van der Waals surface area contributed by atoms with Crippen LogP contribution in [0.4, 0.5) is 8.78 Å². The number of nitrogens with zero attached hydrogens (tertiary/aromatic N) is 3. The molecule has 0 N–H and O–H groups in total. The van der Waals surface area contributed by atoms with E-state index in [-0.39, 0.29) is 6.04 Å². The van der Waals surface area contributed by atoms with Gasteiger partial charge in [0.15, 0.2) is 0 Å². The molecule has 0 spiro atoms. The predicted octanol–water partition coefficient (Wildman–Crippen LogP) is 3.66. The van der Waals surface area contributed by atoms with Crippen LogP contribution < -0.4 is 0 Å². The highest BCUT2D eigenvalue weighted by atomic mass is 35.5. The van der Waals surface area contributed by atoms with Crippen LogP contribution in [0.5, 0.6) is 0 Å². The van der Waals surface area contributed by atoms with Gasteiger partial charge in [-0.15, -0.1) is 5.10 Å². The number of rotatable bonds is 4. The zero-order chi connectivity index (χ0) is 14.0. The maximum Gasteiger partial charge on any atom is 0.138 e. The van der Waals surface area contributed by atoms with E-state index in [9.17, 15) is 8.78 Å². The van der Waals surface area contributed by atoms with E-state index in [2.05, 4.69) is 9.59 Å². The summed E-state index contributed by atoms with van der Waals surface area (Å²) in [6.45, 7) is 2.22. The van der Waals surface area contributed by atoms with Gasteiger partial charge in [-0.1, -0.05) is 16.1 Å². The minimum Gasteiger partial charge on any atom is -0.294 e. The minimum atomic E-state index is -0.454. The Bertz CT molecular complexity index is 576. The summed E-state index contributed by atoms with van der Waals surface area (Å²) >= 11 is 7.03. The van der Waals surface area contributed by atoms with Gasteiger partial charge >= 0.3 is 0 Å². The van der Waals surface area contributed by atoms with Gasteiger partial charge in [0.25, 0.3) is 0 Å². The van der Waals surface area contributed by atoms with E-state index in [0.717, 1.165) is 23.7 Å². The van der Waals surface area contributed by atoms with Gasteiger partial charge in [-0.25, -0.2) is 8.78 Å². The highest BCUT2D eigenvalue weighted by molar-refractivity contribution is 7.10. The molecule has 2 rings (SSSR count). The molecule has 0 fully saturated rings. The van der Waals surface area contributed by atoms with Crippen molar-refractivity contribution in [3.05, 3.63) is 45.4 Å². The van der Waals surface area contributed by atoms with E-state index < -0.39 is 11.6 Å². The van der Waals surface area contributed by atoms with Crippen LogP contribution in [0.25, 0.3) is 0 Å². The first kappa shape index (κ1) is 14.3. The molecular weight excluding hydrogens is 292 g/mol. The first-order valence-electron chi connectivity index (χ1n) is 5.61. The summed E-state index contributed by atoms with van der Waals surface area (Å²) in [7, 11) is 1.80. The smallest absolute Gasteiger partial charge is 0.138 e. The molecule has 7 heteroatoms. The van der Waals surface area contributed by atoms with Gasteiger partial charge in [0.05, 0.1) is 0 Å². The van der Waals surface area contributed by atoms with E-state index in [1.807, 2.05) is 4.90 Å². The van der Waals surface area contributed by atoms with Crippen molar-refractivity contribution < 1.29 is 8.78 Å². The summed E-state index contributed by atoms with van der Waals surface area (Å²) in [5, 5.41) is 3.90. The highest BCUT2D eigenvalue weighted by Gasteiger charge is 2.18. The van der Waals surface area contributed by atoms with Crippen molar-refractivity contribution in [3.8, 4) is 0 Å². The molecule has 0 aliphatic carbocycles. The quantitative estimate of drug-likeness (QED) is 0.863. The molecule has 0 saturated carbocycles. The molecule has 1 atom stereocenters. The van der Waals surface area contributed by atoms with Gasteiger partial charge in [-0.3, -0.25) is 4.90 Å². The van der Waals surface area contributed by atoms with Crippen molar-refractivity contribution in [2.24, 2.45) is 0 Å². The molecule has 0 aliphatic rings. The first-order chi connectivity index (χ1) is 8.99. The Kier molecular flexibility index (Phi) is 4.44. The van der Waals surface area contributed by atoms with Gasteiger partial charge in [-0.05, 0) is 32.2 Å². The molecule has 1 aromatic carbocycles. The van der Waals surface area contributed by atoms with Crippen LogP contribution in [-0.4, -0.2) is 21.5 Å². The van der Waals surface area contributed by atoms with Crippen molar-refractivity contribution in [1.29, 1.82) is 0 Å². The molecule has 3 nitrogen and oxygen atoms in total. The molecule has 0 saturated heterocycles. The van der Waals surface area contributed by atoms with Crippen molar-refractivity contribution in [3.63, 3.8) is 0 Å². The summed E-state index contributed by atoms with van der Waals surface area (Å²) < 4.78 is 31.1. The van der Waals surface area contributed by atoms with Crippen molar-refractivity contribution in [2.45, 2.75) is 19.5 Å². The second-order valence-electron chi connectivity index (χ2n) is 4.25. The molecule has 1 unspecified atom stereocenters. The third kappa shape index (κ3) is 3.26. The van der Waals surface area contributed by atoms with Crippen molar-refractivity contribution >= 4 is 23.1 Å². The number of hydrogen-bond donors (Lipinski definition) is 0.